The number of carbonyl (C=O) groups excluding carboxylic acids is 3. The molecule has 1 aromatic rings. The number of aromatic nitrogens is 2. The van der Waals surface area contributed by atoms with Crippen LogP contribution in [0.3, 0.4) is 0 Å². The van der Waals surface area contributed by atoms with Crippen molar-refractivity contribution in [2.24, 2.45) is 0 Å². The standard InChI is InChI=1S/C10H10N4O3S2/c1-2-3-7-13-14-9(19-7)11-6(15)4-5-8(16)12-10(17)18-5/h4H,2-3H2,1H3,(H,11,14,15)(H,12,16,17)/b5-4-. The van der Waals surface area contributed by atoms with E-state index in [9.17, 15) is 14.4 Å². The lowest BCUT2D eigenvalue weighted by Gasteiger charge is -1.95. The summed E-state index contributed by atoms with van der Waals surface area (Å²) in [5.74, 6) is -1.07. The fraction of sp³-hybridized carbons (Fsp3) is 0.300. The minimum absolute atomic E-state index is 0.0702. The molecule has 0 spiro atoms. The number of thioether (sulfide) groups is 1. The van der Waals surface area contributed by atoms with Gasteiger partial charge < -0.3 is 0 Å². The van der Waals surface area contributed by atoms with Gasteiger partial charge >= 0.3 is 0 Å². The maximum Gasteiger partial charge on any atom is 0.290 e. The van der Waals surface area contributed by atoms with Crippen LogP contribution in [0.15, 0.2) is 11.0 Å². The molecular weight excluding hydrogens is 288 g/mol. The van der Waals surface area contributed by atoms with Crippen molar-refractivity contribution in [3.8, 4) is 0 Å². The highest BCUT2D eigenvalue weighted by Crippen LogP contribution is 2.23. The zero-order chi connectivity index (χ0) is 13.8. The molecule has 100 valence electrons. The predicted octanol–water partition coefficient (Wildman–Crippen LogP) is 1.30. The summed E-state index contributed by atoms with van der Waals surface area (Å²) in [4.78, 5) is 33.9. The second kappa shape index (κ2) is 5.93. The van der Waals surface area contributed by atoms with Gasteiger partial charge in [-0.25, -0.2) is 0 Å². The number of amides is 3. The molecule has 2 heterocycles. The van der Waals surface area contributed by atoms with Crippen molar-refractivity contribution in [1.82, 2.24) is 15.5 Å². The van der Waals surface area contributed by atoms with E-state index >= 15 is 0 Å². The molecule has 0 aromatic carbocycles. The van der Waals surface area contributed by atoms with Gasteiger partial charge in [-0.2, -0.15) is 0 Å². The number of aryl methyl sites for hydroxylation is 1. The monoisotopic (exact) mass is 298 g/mol. The van der Waals surface area contributed by atoms with Gasteiger partial charge in [0.15, 0.2) is 0 Å². The molecule has 7 nitrogen and oxygen atoms in total. The molecule has 0 radical (unpaired) electrons. The third kappa shape index (κ3) is 3.61. The van der Waals surface area contributed by atoms with E-state index in [2.05, 4.69) is 20.8 Å². The SMILES string of the molecule is CCCc1nnc(NC(=O)/C=C2\SC(=O)NC2=O)s1. The van der Waals surface area contributed by atoms with E-state index in [0.29, 0.717) is 16.9 Å². The second-order valence-corrected chi connectivity index (χ2v) is 5.67. The molecule has 1 aliphatic heterocycles. The average Bonchev–Trinajstić information content (AvgIpc) is 2.87. The highest BCUT2D eigenvalue weighted by atomic mass is 32.2. The highest BCUT2D eigenvalue weighted by molar-refractivity contribution is 8.18. The maximum absolute atomic E-state index is 11.6. The summed E-state index contributed by atoms with van der Waals surface area (Å²) in [7, 11) is 0. The molecule has 2 N–H and O–H groups in total. The van der Waals surface area contributed by atoms with E-state index < -0.39 is 17.1 Å². The first kappa shape index (κ1) is 13.7. The van der Waals surface area contributed by atoms with Crippen LogP contribution in [-0.2, 0) is 16.0 Å². The van der Waals surface area contributed by atoms with Crippen LogP contribution in [0.1, 0.15) is 18.4 Å². The van der Waals surface area contributed by atoms with Crippen molar-refractivity contribution in [3.63, 3.8) is 0 Å². The first-order chi connectivity index (χ1) is 9.08. The van der Waals surface area contributed by atoms with Gasteiger partial charge in [-0.3, -0.25) is 25.0 Å². The molecule has 1 aliphatic rings. The zero-order valence-corrected chi connectivity index (χ0v) is 11.6. The Morgan fingerprint density at radius 3 is 2.84 bits per heavy atom. The number of anilines is 1. The minimum atomic E-state index is -0.561. The number of nitrogens with one attached hydrogen (secondary N) is 2. The second-order valence-electron chi connectivity index (χ2n) is 3.59. The molecule has 2 rings (SSSR count). The van der Waals surface area contributed by atoms with Gasteiger partial charge in [0.1, 0.15) is 5.01 Å². The molecule has 1 fully saturated rings. The van der Waals surface area contributed by atoms with Gasteiger partial charge in [-0.1, -0.05) is 18.3 Å². The Morgan fingerprint density at radius 1 is 1.42 bits per heavy atom. The molecule has 1 saturated heterocycles. The maximum atomic E-state index is 11.6. The van der Waals surface area contributed by atoms with Crippen LogP contribution in [0.4, 0.5) is 9.93 Å². The molecule has 0 atom stereocenters. The topological polar surface area (TPSA) is 101 Å². The predicted molar refractivity (Wildman–Crippen MR) is 71.7 cm³/mol. The van der Waals surface area contributed by atoms with Gasteiger partial charge in [0.25, 0.3) is 17.1 Å². The van der Waals surface area contributed by atoms with Crippen LogP contribution < -0.4 is 10.6 Å². The van der Waals surface area contributed by atoms with E-state index in [1.165, 1.54) is 11.3 Å². The number of imide groups is 1. The first-order valence-corrected chi connectivity index (χ1v) is 7.10. The van der Waals surface area contributed by atoms with Crippen molar-refractivity contribution < 1.29 is 14.4 Å². The number of nitrogens with zero attached hydrogens (tertiary/aromatic N) is 2. The lowest BCUT2D eigenvalue weighted by atomic mass is 10.4. The van der Waals surface area contributed by atoms with E-state index in [1.807, 2.05) is 6.92 Å². The Balaban J connectivity index is 1.99. The number of hydrogen-bond donors (Lipinski definition) is 2. The minimum Gasteiger partial charge on any atom is -0.297 e. The molecule has 1 aromatic heterocycles. The molecule has 0 unspecified atom stereocenters. The summed E-state index contributed by atoms with van der Waals surface area (Å²) < 4.78 is 0. The number of carbonyl (C=O) groups is 3. The highest BCUT2D eigenvalue weighted by Gasteiger charge is 2.26. The smallest absolute Gasteiger partial charge is 0.290 e. The van der Waals surface area contributed by atoms with Gasteiger partial charge in [0.2, 0.25) is 5.13 Å². The van der Waals surface area contributed by atoms with Crippen molar-refractivity contribution in [1.29, 1.82) is 0 Å². The Morgan fingerprint density at radius 2 is 2.21 bits per heavy atom. The Labute approximate surface area is 116 Å². The molecule has 9 heteroatoms. The van der Waals surface area contributed by atoms with Crippen molar-refractivity contribution in [2.75, 3.05) is 5.32 Å². The Hall–Kier alpha value is -1.74. The summed E-state index contributed by atoms with van der Waals surface area (Å²) in [5, 5.41) is 13.0. The molecular formula is C10H10N4O3S2. The summed E-state index contributed by atoms with van der Waals surface area (Å²) in [5.41, 5.74) is 0. The summed E-state index contributed by atoms with van der Waals surface area (Å²) >= 11 is 1.98. The van der Waals surface area contributed by atoms with Crippen molar-refractivity contribution in [3.05, 3.63) is 16.0 Å². The van der Waals surface area contributed by atoms with Crippen molar-refractivity contribution in [2.45, 2.75) is 19.8 Å². The Kier molecular flexibility index (Phi) is 4.27. The fourth-order valence-electron chi connectivity index (χ4n) is 1.30. The number of rotatable bonds is 4. The Bertz CT molecular complexity index is 567. The van der Waals surface area contributed by atoms with E-state index in [1.54, 1.807) is 0 Å². The summed E-state index contributed by atoms with van der Waals surface area (Å²) in [6.07, 6.45) is 2.83. The lowest BCUT2D eigenvalue weighted by Crippen LogP contribution is -2.18. The van der Waals surface area contributed by atoms with Crippen LogP contribution in [0.25, 0.3) is 0 Å². The van der Waals surface area contributed by atoms with Gasteiger partial charge in [0, 0.05) is 12.5 Å². The molecule has 3 amide bonds. The molecule has 0 saturated carbocycles. The lowest BCUT2D eigenvalue weighted by molar-refractivity contribution is -0.116. The fourth-order valence-corrected chi connectivity index (χ4v) is 2.80. The third-order valence-corrected chi connectivity index (χ3v) is 3.77. The first-order valence-electron chi connectivity index (χ1n) is 5.46. The van der Waals surface area contributed by atoms with Crippen molar-refractivity contribution >= 4 is 45.3 Å². The molecule has 0 bridgehead atoms. The normalized spacial score (nSPS) is 16.8. The van der Waals surface area contributed by atoms with Crippen LogP contribution in [0, 0.1) is 0 Å². The van der Waals surface area contributed by atoms with Gasteiger partial charge in [0.05, 0.1) is 4.91 Å². The van der Waals surface area contributed by atoms with Crippen LogP contribution in [0.5, 0.6) is 0 Å². The van der Waals surface area contributed by atoms with Crippen LogP contribution in [-0.4, -0.2) is 27.3 Å². The van der Waals surface area contributed by atoms with Gasteiger partial charge in [-0.05, 0) is 18.2 Å². The zero-order valence-electron chi connectivity index (χ0n) is 9.93. The summed E-state index contributed by atoms with van der Waals surface area (Å²) in [6.45, 7) is 2.02. The average molecular weight is 298 g/mol. The summed E-state index contributed by atoms with van der Waals surface area (Å²) in [6, 6.07) is 0. The molecule has 0 aliphatic carbocycles. The molecule has 19 heavy (non-hydrogen) atoms. The van der Waals surface area contributed by atoms with E-state index in [0.717, 1.165) is 23.9 Å². The largest absolute Gasteiger partial charge is 0.297 e. The third-order valence-electron chi connectivity index (χ3n) is 2.07. The van der Waals surface area contributed by atoms with E-state index in [4.69, 9.17) is 0 Å². The van der Waals surface area contributed by atoms with Crippen LogP contribution >= 0.6 is 23.1 Å². The quantitative estimate of drug-likeness (QED) is 0.812. The van der Waals surface area contributed by atoms with Gasteiger partial charge in [-0.15, -0.1) is 10.2 Å². The van der Waals surface area contributed by atoms with Crippen LogP contribution in [0.2, 0.25) is 0 Å². The number of hydrogen-bond acceptors (Lipinski definition) is 7. The van der Waals surface area contributed by atoms with E-state index in [-0.39, 0.29) is 4.91 Å².